The van der Waals surface area contributed by atoms with E-state index in [2.05, 4.69) is 4.72 Å². The molecule has 0 bridgehead atoms. The van der Waals surface area contributed by atoms with Gasteiger partial charge >= 0.3 is 0 Å². The summed E-state index contributed by atoms with van der Waals surface area (Å²) in [6.45, 7) is 7.71. The van der Waals surface area contributed by atoms with E-state index in [4.69, 9.17) is 0 Å². The summed E-state index contributed by atoms with van der Waals surface area (Å²) < 4.78 is 29.5. The first-order valence-electron chi connectivity index (χ1n) is 9.56. The molecule has 0 saturated carbocycles. The molecule has 28 heavy (non-hydrogen) atoms. The molecule has 2 N–H and O–H groups in total. The third kappa shape index (κ3) is 3.76. The van der Waals surface area contributed by atoms with Crippen LogP contribution in [0.1, 0.15) is 40.5 Å². The summed E-state index contributed by atoms with van der Waals surface area (Å²) in [4.78, 5) is 2.27. The maximum absolute atomic E-state index is 13.3. The molecule has 1 saturated heterocycles. The normalized spacial score (nSPS) is 20.4. The highest BCUT2D eigenvalue weighted by Crippen LogP contribution is 2.37. The van der Waals surface area contributed by atoms with Crippen molar-refractivity contribution in [3.63, 3.8) is 0 Å². The van der Waals surface area contributed by atoms with Crippen molar-refractivity contribution >= 4 is 26.5 Å². The van der Waals surface area contributed by atoms with Crippen molar-refractivity contribution in [3.05, 3.63) is 36.4 Å². The van der Waals surface area contributed by atoms with E-state index in [1.165, 1.54) is 5.06 Å². The molecular formula is C21H31N3O3S. The van der Waals surface area contributed by atoms with E-state index < -0.39 is 21.1 Å². The lowest BCUT2D eigenvalue weighted by Crippen LogP contribution is -2.62. The van der Waals surface area contributed by atoms with Crippen LogP contribution in [0.4, 0.5) is 5.69 Å². The van der Waals surface area contributed by atoms with E-state index in [0.717, 1.165) is 11.1 Å². The molecule has 0 amide bonds. The van der Waals surface area contributed by atoms with Crippen molar-refractivity contribution in [2.75, 3.05) is 19.0 Å². The van der Waals surface area contributed by atoms with Crippen LogP contribution >= 0.6 is 0 Å². The molecule has 7 heteroatoms. The second-order valence-corrected chi connectivity index (χ2v) is 10.9. The first kappa shape index (κ1) is 21.0. The molecule has 1 aliphatic heterocycles. The van der Waals surface area contributed by atoms with Gasteiger partial charge in [-0.05, 0) is 52.7 Å². The molecular weight excluding hydrogens is 374 g/mol. The predicted octanol–water partition coefficient (Wildman–Crippen LogP) is 3.59. The summed E-state index contributed by atoms with van der Waals surface area (Å²) in [7, 11) is 0.175. The Bertz CT molecular complexity index is 966. The van der Waals surface area contributed by atoms with Gasteiger partial charge in [0.15, 0.2) is 0 Å². The largest absolute Gasteiger partial charge is 0.377 e. The fraction of sp³-hybridized carbons (Fsp3) is 0.524. The molecule has 0 unspecified atom stereocenters. The number of nitrogens with zero attached hydrogens (tertiary/aromatic N) is 2. The summed E-state index contributed by atoms with van der Waals surface area (Å²) in [5, 5.41) is 13.4. The third-order valence-electron chi connectivity index (χ3n) is 5.59. The highest BCUT2D eigenvalue weighted by Gasteiger charge is 2.46. The van der Waals surface area contributed by atoms with Crippen LogP contribution in [0.25, 0.3) is 10.8 Å². The quantitative estimate of drug-likeness (QED) is 0.813. The van der Waals surface area contributed by atoms with Crippen molar-refractivity contribution in [3.8, 4) is 0 Å². The van der Waals surface area contributed by atoms with Gasteiger partial charge in [-0.3, -0.25) is 0 Å². The SMILES string of the molecule is CN(C)c1cccc2c(S(=O)(=O)NC3CC(C)(C)N(O)C(C)(C)C3)cccc12. The molecule has 2 aromatic rings. The standard InChI is InChI=1S/C21H31N3O3S/c1-20(2)13-15(14-21(3,4)24(20)25)22-28(26,27)19-12-8-9-16-17(19)10-7-11-18(16)23(5)6/h7-12,15,22,25H,13-14H2,1-6H3. The molecule has 0 radical (unpaired) electrons. The molecule has 0 atom stereocenters. The Morgan fingerprint density at radius 1 is 1.00 bits per heavy atom. The molecule has 154 valence electrons. The summed E-state index contributed by atoms with van der Waals surface area (Å²) in [6.07, 6.45) is 1.06. The molecule has 2 aromatic carbocycles. The second-order valence-electron chi connectivity index (χ2n) is 9.19. The Morgan fingerprint density at radius 3 is 2.11 bits per heavy atom. The fourth-order valence-electron chi connectivity index (χ4n) is 4.53. The summed E-state index contributed by atoms with van der Waals surface area (Å²) in [5.41, 5.74) is -0.0669. The Morgan fingerprint density at radius 2 is 1.54 bits per heavy atom. The van der Waals surface area contributed by atoms with Crippen LogP contribution in [-0.4, -0.2) is 49.9 Å². The van der Waals surface area contributed by atoms with Crippen LogP contribution in [0.15, 0.2) is 41.3 Å². The average molecular weight is 406 g/mol. The Labute approximate surface area is 168 Å². The van der Waals surface area contributed by atoms with Crippen LogP contribution in [0.3, 0.4) is 0 Å². The van der Waals surface area contributed by atoms with Gasteiger partial charge in [0.2, 0.25) is 10.0 Å². The van der Waals surface area contributed by atoms with Crippen molar-refractivity contribution in [1.29, 1.82) is 0 Å². The van der Waals surface area contributed by atoms with Crippen molar-refractivity contribution in [2.45, 2.75) is 62.6 Å². The lowest BCUT2D eigenvalue weighted by atomic mass is 9.79. The number of hydroxylamine groups is 2. The van der Waals surface area contributed by atoms with E-state index in [1.54, 1.807) is 12.1 Å². The summed E-state index contributed by atoms with van der Waals surface area (Å²) in [6, 6.07) is 10.8. The molecule has 6 nitrogen and oxygen atoms in total. The van der Waals surface area contributed by atoms with Crippen molar-refractivity contribution in [2.24, 2.45) is 0 Å². The highest BCUT2D eigenvalue weighted by molar-refractivity contribution is 7.89. The van der Waals surface area contributed by atoms with E-state index in [9.17, 15) is 13.6 Å². The molecule has 1 aliphatic rings. The highest BCUT2D eigenvalue weighted by atomic mass is 32.2. The Kier molecular flexibility index (Phi) is 5.25. The number of hydrogen-bond donors (Lipinski definition) is 2. The van der Waals surface area contributed by atoms with Gasteiger partial charge in [0.05, 0.1) is 4.90 Å². The number of anilines is 1. The number of sulfonamides is 1. The van der Waals surface area contributed by atoms with Gasteiger partial charge in [0, 0.05) is 47.7 Å². The minimum Gasteiger partial charge on any atom is -0.377 e. The summed E-state index contributed by atoms with van der Waals surface area (Å²) >= 11 is 0. The van der Waals surface area contributed by atoms with Gasteiger partial charge in [0.25, 0.3) is 0 Å². The number of piperidine rings is 1. The lowest BCUT2D eigenvalue weighted by Gasteiger charge is -2.51. The minimum atomic E-state index is -3.72. The predicted molar refractivity (Wildman–Crippen MR) is 113 cm³/mol. The van der Waals surface area contributed by atoms with Gasteiger partial charge < -0.3 is 10.1 Å². The van der Waals surface area contributed by atoms with Crippen LogP contribution in [0.5, 0.6) is 0 Å². The first-order valence-corrected chi connectivity index (χ1v) is 11.0. The maximum Gasteiger partial charge on any atom is 0.241 e. The Balaban J connectivity index is 1.99. The molecule has 1 heterocycles. The van der Waals surface area contributed by atoms with Crippen LogP contribution in [-0.2, 0) is 10.0 Å². The zero-order chi connectivity index (χ0) is 20.9. The Hall–Kier alpha value is -1.67. The third-order valence-corrected chi connectivity index (χ3v) is 7.17. The molecule has 0 spiro atoms. The zero-order valence-corrected chi connectivity index (χ0v) is 18.3. The van der Waals surface area contributed by atoms with E-state index >= 15 is 0 Å². The molecule has 0 aromatic heterocycles. The van der Waals surface area contributed by atoms with Crippen LogP contribution < -0.4 is 9.62 Å². The second kappa shape index (κ2) is 6.99. The van der Waals surface area contributed by atoms with E-state index in [-0.39, 0.29) is 10.9 Å². The van der Waals surface area contributed by atoms with Gasteiger partial charge in [-0.15, -0.1) is 0 Å². The van der Waals surface area contributed by atoms with Gasteiger partial charge in [-0.1, -0.05) is 24.3 Å². The number of rotatable bonds is 4. The number of hydrogen-bond acceptors (Lipinski definition) is 5. The maximum atomic E-state index is 13.3. The van der Waals surface area contributed by atoms with Gasteiger partial charge in [-0.2, -0.15) is 5.06 Å². The van der Waals surface area contributed by atoms with Crippen LogP contribution in [0, 0.1) is 0 Å². The summed E-state index contributed by atoms with van der Waals surface area (Å²) in [5.74, 6) is 0. The van der Waals surface area contributed by atoms with Crippen molar-refractivity contribution < 1.29 is 13.6 Å². The zero-order valence-electron chi connectivity index (χ0n) is 17.5. The van der Waals surface area contributed by atoms with Crippen molar-refractivity contribution in [1.82, 2.24) is 9.79 Å². The molecule has 1 fully saturated rings. The van der Waals surface area contributed by atoms with Gasteiger partial charge in [-0.25, -0.2) is 13.1 Å². The smallest absolute Gasteiger partial charge is 0.241 e. The first-order chi connectivity index (χ1) is 12.8. The number of nitrogens with one attached hydrogen (secondary N) is 1. The van der Waals surface area contributed by atoms with E-state index in [1.807, 2.05) is 71.0 Å². The molecule has 3 rings (SSSR count). The topological polar surface area (TPSA) is 72.9 Å². The molecule has 0 aliphatic carbocycles. The van der Waals surface area contributed by atoms with E-state index in [0.29, 0.717) is 18.2 Å². The average Bonchev–Trinajstić information content (AvgIpc) is 2.57. The fourth-order valence-corrected chi connectivity index (χ4v) is 5.98. The lowest BCUT2D eigenvalue weighted by molar-refractivity contribution is -0.245. The van der Waals surface area contributed by atoms with Crippen LogP contribution in [0.2, 0.25) is 0 Å². The number of benzene rings is 2. The monoisotopic (exact) mass is 405 g/mol. The number of fused-ring (bicyclic) bond motifs is 1. The van der Waals surface area contributed by atoms with Gasteiger partial charge in [0.1, 0.15) is 0 Å². The minimum absolute atomic E-state index is 0.259.